The molecule has 0 bridgehead atoms. The molecule has 1 aromatic heterocycles. The van der Waals surface area contributed by atoms with Crippen LogP contribution in [0.4, 0.5) is 11.5 Å². The van der Waals surface area contributed by atoms with Crippen LogP contribution in [0.5, 0.6) is 0 Å². The maximum atomic E-state index is 12.5. The number of para-hydroxylation sites is 1. The van der Waals surface area contributed by atoms with E-state index >= 15 is 0 Å². The van der Waals surface area contributed by atoms with Crippen molar-refractivity contribution in [2.45, 2.75) is 31.7 Å². The highest BCUT2D eigenvalue weighted by atomic mass is 35.5. The van der Waals surface area contributed by atoms with E-state index in [2.05, 4.69) is 26.3 Å². The number of aromatic nitrogens is 2. The maximum Gasteiger partial charge on any atom is 0.239 e. The molecule has 7 heteroatoms. The lowest BCUT2D eigenvalue weighted by Crippen LogP contribution is -2.48. The Balaban J connectivity index is 1.29. The Bertz CT molecular complexity index is 778. The molecule has 1 aromatic carbocycles. The summed E-state index contributed by atoms with van der Waals surface area (Å²) in [5.41, 5.74) is 1.07. The number of benzene rings is 1. The minimum atomic E-state index is 0.0286. The topological polar surface area (TPSA) is 53.4 Å². The van der Waals surface area contributed by atoms with Gasteiger partial charge >= 0.3 is 0 Å². The molecule has 0 spiro atoms. The average molecular weight is 388 g/mol. The molecule has 0 unspecified atom stereocenters. The second kappa shape index (κ2) is 8.31. The number of carbonyl (C=O) groups is 1. The molecule has 27 heavy (non-hydrogen) atoms. The molecule has 1 saturated carbocycles. The zero-order valence-corrected chi connectivity index (χ0v) is 16.2. The van der Waals surface area contributed by atoms with E-state index in [0.29, 0.717) is 12.6 Å². The Morgan fingerprint density at radius 1 is 1.11 bits per heavy atom. The van der Waals surface area contributed by atoms with Gasteiger partial charge in [0.1, 0.15) is 5.82 Å². The van der Waals surface area contributed by atoms with Crippen LogP contribution in [0.25, 0.3) is 0 Å². The van der Waals surface area contributed by atoms with E-state index in [9.17, 15) is 4.79 Å². The Kier molecular flexibility index (Phi) is 5.64. The molecular weight excluding hydrogens is 362 g/mol. The van der Waals surface area contributed by atoms with Gasteiger partial charge in [-0.15, -0.1) is 0 Å². The quantitative estimate of drug-likeness (QED) is 0.854. The first-order valence-electron chi connectivity index (χ1n) is 9.76. The summed E-state index contributed by atoms with van der Waals surface area (Å²) in [4.78, 5) is 17.0. The highest BCUT2D eigenvalue weighted by molar-refractivity contribution is 6.33. The third kappa shape index (κ3) is 4.28. The SMILES string of the molecule is O=C(CN1CCN(c2ccccc2Cl)CC1)Nc1ccnn1C1CCCC1. The van der Waals surface area contributed by atoms with Gasteiger partial charge in [0.15, 0.2) is 0 Å². The van der Waals surface area contributed by atoms with Gasteiger partial charge < -0.3 is 10.2 Å². The van der Waals surface area contributed by atoms with E-state index in [1.165, 1.54) is 12.8 Å². The smallest absolute Gasteiger partial charge is 0.239 e. The number of piperazine rings is 1. The highest BCUT2D eigenvalue weighted by Crippen LogP contribution is 2.31. The lowest BCUT2D eigenvalue weighted by Gasteiger charge is -2.36. The third-order valence-corrected chi connectivity index (χ3v) is 5.86. The summed E-state index contributed by atoms with van der Waals surface area (Å²) < 4.78 is 1.99. The number of nitrogens with one attached hydrogen (secondary N) is 1. The van der Waals surface area contributed by atoms with Crippen LogP contribution >= 0.6 is 11.6 Å². The largest absolute Gasteiger partial charge is 0.368 e. The van der Waals surface area contributed by atoms with Crippen molar-refractivity contribution < 1.29 is 4.79 Å². The first-order chi connectivity index (χ1) is 13.2. The highest BCUT2D eigenvalue weighted by Gasteiger charge is 2.23. The number of nitrogens with zero attached hydrogens (tertiary/aromatic N) is 4. The van der Waals surface area contributed by atoms with Crippen LogP contribution in [0, 0.1) is 0 Å². The van der Waals surface area contributed by atoms with E-state index in [1.54, 1.807) is 6.20 Å². The number of halogens is 1. The fraction of sp³-hybridized carbons (Fsp3) is 0.500. The lowest BCUT2D eigenvalue weighted by molar-refractivity contribution is -0.117. The first kappa shape index (κ1) is 18.3. The molecule has 6 nitrogen and oxygen atoms in total. The van der Waals surface area contributed by atoms with Crippen molar-refractivity contribution in [1.29, 1.82) is 0 Å². The van der Waals surface area contributed by atoms with E-state index < -0.39 is 0 Å². The molecule has 1 amide bonds. The predicted molar refractivity (Wildman–Crippen MR) is 108 cm³/mol. The number of rotatable bonds is 5. The normalized spacial score (nSPS) is 18.8. The van der Waals surface area contributed by atoms with Crippen molar-refractivity contribution in [3.05, 3.63) is 41.6 Å². The zero-order chi connectivity index (χ0) is 18.6. The van der Waals surface area contributed by atoms with Gasteiger partial charge in [0.05, 0.1) is 29.5 Å². The zero-order valence-electron chi connectivity index (χ0n) is 15.5. The van der Waals surface area contributed by atoms with Crippen molar-refractivity contribution in [3.8, 4) is 0 Å². The van der Waals surface area contributed by atoms with Crippen molar-refractivity contribution in [2.75, 3.05) is 42.9 Å². The van der Waals surface area contributed by atoms with Crippen LogP contribution in [0.1, 0.15) is 31.7 Å². The Morgan fingerprint density at radius 3 is 2.59 bits per heavy atom. The Morgan fingerprint density at radius 2 is 1.85 bits per heavy atom. The minimum absolute atomic E-state index is 0.0286. The first-order valence-corrected chi connectivity index (χ1v) is 10.1. The fourth-order valence-corrected chi connectivity index (χ4v) is 4.35. The van der Waals surface area contributed by atoms with Gasteiger partial charge in [0, 0.05) is 32.2 Å². The Labute approximate surface area is 165 Å². The van der Waals surface area contributed by atoms with E-state index in [1.807, 2.05) is 28.9 Å². The molecule has 1 aliphatic heterocycles. The lowest BCUT2D eigenvalue weighted by atomic mass is 10.2. The predicted octanol–water partition coefficient (Wildman–Crippen LogP) is 3.41. The molecule has 144 valence electrons. The monoisotopic (exact) mass is 387 g/mol. The van der Waals surface area contributed by atoms with Gasteiger partial charge in [-0.05, 0) is 25.0 Å². The molecule has 1 saturated heterocycles. The summed E-state index contributed by atoms with van der Waals surface area (Å²) in [5, 5.41) is 8.25. The molecule has 1 aliphatic carbocycles. The number of hydrogen-bond acceptors (Lipinski definition) is 4. The summed E-state index contributed by atoms with van der Waals surface area (Å²) in [7, 11) is 0. The van der Waals surface area contributed by atoms with Crippen LogP contribution in [0.2, 0.25) is 5.02 Å². The average Bonchev–Trinajstić information content (AvgIpc) is 3.34. The molecule has 2 heterocycles. The van der Waals surface area contributed by atoms with E-state index in [-0.39, 0.29) is 5.91 Å². The summed E-state index contributed by atoms with van der Waals surface area (Å²) >= 11 is 6.30. The molecule has 0 radical (unpaired) electrons. The molecule has 2 fully saturated rings. The van der Waals surface area contributed by atoms with E-state index in [0.717, 1.165) is 55.5 Å². The second-order valence-electron chi connectivity index (χ2n) is 7.36. The summed E-state index contributed by atoms with van der Waals surface area (Å²) in [6, 6.07) is 10.2. The number of carbonyl (C=O) groups excluding carboxylic acids is 1. The molecular formula is C20H26ClN5O. The minimum Gasteiger partial charge on any atom is -0.368 e. The van der Waals surface area contributed by atoms with Gasteiger partial charge in [-0.1, -0.05) is 36.6 Å². The van der Waals surface area contributed by atoms with Crippen LogP contribution < -0.4 is 10.2 Å². The van der Waals surface area contributed by atoms with Crippen molar-refractivity contribution >= 4 is 29.0 Å². The van der Waals surface area contributed by atoms with Crippen LogP contribution in [0.3, 0.4) is 0 Å². The molecule has 0 atom stereocenters. The third-order valence-electron chi connectivity index (χ3n) is 5.54. The van der Waals surface area contributed by atoms with Crippen LogP contribution in [-0.4, -0.2) is 53.3 Å². The maximum absolute atomic E-state index is 12.5. The van der Waals surface area contributed by atoms with Crippen molar-refractivity contribution in [2.24, 2.45) is 0 Å². The summed E-state index contributed by atoms with van der Waals surface area (Å²) in [6.07, 6.45) is 6.56. The Hall–Kier alpha value is -2.05. The fourth-order valence-electron chi connectivity index (χ4n) is 4.09. The molecule has 2 aliphatic rings. The van der Waals surface area contributed by atoms with Crippen molar-refractivity contribution in [3.63, 3.8) is 0 Å². The van der Waals surface area contributed by atoms with Gasteiger partial charge in [-0.3, -0.25) is 9.69 Å². The number of amides is 1. The van der Waals surface area contributed by atoms with Gasteiger partial charge in [0.25, 0.3) is 0 Å². The molecule has 2 aromatic rings. The summed E-state index contributed by atoms with van der Waals surface area (Å²) in [6.45, 7) is 3.85. The molecule has 4 rings (SSSR count). The number of hydrogen-bond donors (Lipinski definition) is 1. The summed E-state index contributed by atoms with van der Waals surface area (Å²) in [5.74, 6) is 0.850. The van der Waals surface area contributed by atoms with Gasteiger partial charge in [-0.25, -0.2) is 4.68 Å². The van der Waals surface area contributed by atoms with Gasteiger partial charge in [0.2, 0.25) is 5.91 Å². The van der Waals surface area contributed by atoms with Crippen LogP contribution in [0.15, 0.2) is 36.5 Å². The molecule has 1 N–H and O–H groups in total. The van der Waals surface area contributed by atoms with Crippen molar-refractivity contribution in [1.82, 2.24) is 14.7 Å². The van der Waals surface area contributed by atoms with Crippen LogP contribution in [-0.2, 0) is 4.79 Å². The number of anilines is 2. The standard InChI is InChI=1S/C20H26ClN5O/c21-17-7-3-4-8-18(17)25-13-11-24(12-14-25)15-20(27)23-19-9-10-22-26(19)16-5-1-2-6-16/h3-4,7-10,16H,1-2,5-6,11-15H2,(H,23,27). The van der Waals surface area contributed by atoms with Gasteiger partial charge in [-0.2, -0.15) is 5.10 Å². The second-order valence-corrected chi connectivity index (χ2v) is 7.77. The van der Waals surface area contributed by atoms with E-state index in [4.69, 9.17) is 11.6 Å².